The number of rotatable bonds is 6. The van der Waals surface area contributed by atoms with Crippen molar-refractivity contribution >= 4 is 46.4 Å². The van der Waals surface area contributed by atoms with E-state index in [1.807, 2.05) is 0 Å². The highest BCUT2D eigenvalue weighted by Gasteiger charge is 2.13. The van der Waals surface area contributed by atoms with Gasteiger partial charge in [0.25, 0.3) is 0 Å². The summed E-state index contributed by atoms with van der Waals surface area (Å²) < 4.78 is 10.2. The zero-order chi connectivity index (χ0) is 18.4. The summed E-state index contributed by atoms with van der Waals surface area (Å²) >= 11 is 11.9. The van der Waals surface area contributed by atoms with Crippen LogP contribution in [0.3, 0.4) is 0 Å². The molecule has 2 amide bonds. The van der Waals surface area contributed by atoms with E-state index < -0.39 is 11.8 Å². The molecule has 2 aromatic carbocycles. The summed E-state index contributed by atoms with van der Waals surface area (Å²) in [5.41, 5.74) is 0.851. The van der Waals surface area contributed by atoms with E-state index >= 15 is 0 Å². The summed E-state index contributed by atoms with van der Waals surface area (Å²) in [6.45, 7) is 0. The molecule has 6 nitrogen and oxygen atoms in total. The van der Waals surface area contributed by atoms with E-state index in [0.717, 1.165) is 0 Å². The van der Waals surface area contributed by atoms with Gasteiger partial charge in [-0.15, -0.1) is 0 Å². The van der Waals surface area contributed by atoms with Gasteiger partial charge in [-0.25, -0.2) is 0 Å². The highest BCUT2D eigenvalue weighted by molar-refractivity contribution is 6.32. The van der Waals surface area contributed by atoms with Crippen molar-refractivity contribution in [1.82, 2.24) is 0 Å². The molecule has 0 fully saturated rings. The third-order valence-electron chi connectivity index (χ3n) is 3.19. The lowest BCUT2D eigenvalue weighted by atomic mass is 10.2. The molecule has 2 aromatic rings. The molecule has 0 saturated carbocycles. The van der Waals surface area contributed by atoms with Crippen LogP contribution in [-0.4, -0.2) is 26.0 Å². The Bertz CT molecular complexity index is 796. The summed E-state index contributed by atoms with van der Waals surface area (Å²) in [5.74, 6) is -0.0528. The van der Waals surface area contributed by atoms with Crippen LogP contribution in [0.4, 0.5) is 11.4 Å². The zero-order valence-electron chi connectivity index (χ0n) is 13.6. The Labute approximate surface area is 155 Å². The third kappa shape index (κ3) is 5.27. The maximum absolute atomic E-state index is 12.0. The minimum absolute atomic E-state index is 0.355. The van der Waals surface area contributed by atoms with Crippen molar-refractivity contribution in [2.75, 3.05) is 24.9 Å². The molecule has 2 N–H and O–H groups in total. The van der Waals surface area contributed by atoms with Gasteiger partial charge in [0.15, 0.2) is 0 Å². The molecular weight excluding hydrogens is 367 g/mol. The molecule has 0 saturated heterocycles. The minimum Gasteiger partial charge on any atom is -0.495 e. The first-order chi connectivity index (χ1) is 11.9. The van der Waals surface area contributed by atoms with E-state index in [0.29, 0.717) is 32.9 Å². The molecular formula is C17H16Cl2N2O4. The summed E-state index contributed by atoms with van der Waals surface area (Å²) in [4.78, 5) is 24.0. The fourth-order valence-electron chi connectivity index (χ4n) is 2.07. The van der Waals surface area contributed by atoms with Crippen molar-refractivity contribution in [2.45, 2.75) is 6.42 Å². The molecule has 0 radical (unpaired) electrons. The van der Waals surface area contributed by atoms with Gasteiger partial charge in [-0.05, 0) is 36.4 Å². The molecule has 0 aliphatic heterocycles. The number of ether oxygens (including phenoxy) is 2. The standard InChI is InChI=1S/C17H16Cl2N2O4/c1-24-14-6-4-11(8-12(14)19)20-16(22)9-17(23)21-13-7-10(18)3-5-15(13)25-2/h3-8H,9H2,1-2H3,(H,20,22)(H,21,23). The van der Waals surface area contributed by atoms with Crippen LogP contribution in [0, 0.1) is 0 Å². The number of benzene rings is 2. The van der Waals surface area contributed by atoms with E-state index in [9.17, 15) is 9.59 Å². The van der Waals surface area contributed by atoms with Crippen LogP contribution in [-0.2, 0) is 9.59 Å². The molecule has 0 aliphatic rings. The monoisotopic (exact) mass is 382 g/mol. The first kappa shape index (κ1) is 18.9. The zero-order valence-corrected chi connectivity index (χ0v) is 15.1. The lowest BCUT2D eigenvalue weighted by molar-refractivity contribution is -0.123. The Kier molecular flexibility index (Phi) is 6.50. The lowest BCUT2D eigenvalue weighted by Crippen LogP contribution is -2.21. The normalized spacial score (nSPS) is 10.1. The van der Waals surface area contributed by atoms with Crippen LogP contribution in [0.2, 0.25) is 10.0 Å². The third-order valence-corrected chi connectivity index (χ3v) is 3.72. The maximum Gasteiger partial charge on any atom is 0.233 e. The highest BCUT2D eigenvalue weighted by atomic mass is 35.5. The van der Waals surface area contributed by atoms with Gasteiger partial charge in [0.1, 0.15) is 17.9 Å². The maximum atomic E-state index is 12.0. The predicted molar refractivity (Wildman–Crippen MR) is 97.9 cm³/mol. The van der Waals surface area contributed by atoms with Gasteiger partial charge in [0, 0.05) is 10.7 Å². The van der Waals surface area contributed by atoms with E-state index in [4.69, 9.17) is 32.7 Å². The number of hydrogen-bond acceptors (Lipinski definition) is 4. The van der Waals surface area contributed by atoms with Gasteiger partial charge in [-0.2, -0.15) is 0 Å². The predicted octanol–water partition coefficient (Wildman–Crippen LogP) is 3.98. The van der Waals surface area contributed by atoms with Crippen molar-refractivity contribution in [2.24, 2.45) is 0 Å². The van der Waals surface area contributed by atoms with E-state index in [2.05, 4.69) is 10.6 Å². The Balaban J connectivity index is 1.97. The van der Waals surface area contributed by atoms with Gasteiger partial charge in [-0.3, -0.25) is 9.59 Å². The number of carbonyl (C=O) groups is 2. The molecule has 0 unspecified atom stereocenters. The molecule has 2 rings (SSSR count). The Hall–Kier alpha value is -2.44. The van der Waals surface area contributed by atoms with E-state index in [1.54, 1.807) is 30.3 Å². The quantitative estimate of drug-likeness (QED) is 0.740. The molecule has 0 atom stereocenters. The number of carbonyl (C=O) groups excluding carboxylic acids is 2. The second-order valence-electron chi connectivity index (χ2n) is 4.97. The molecule has 0 aromatic heterocycles. The molecule has 0 spiro atoms. The molecule has 8 heteroatoms. The van der Waals surface area contributed by atoms with E-state index in [-0.39, 0.29) is 6.42 Å². The van der Waals surface area contributed by atoms with Crippen molar-refractivity contribution in [3.05, 3.63) is 46.4 Å². The SMILES string of the molecule is COc1ccc(NC(=O)CC(=O)Nc2cc(Cl)ccc2OC)cc1Cl. The van der Waals surface area contributed by atoms with Crippen LogP contribution in [0.25, 0.3) is 0 Å². The van der Waals surface area contributed by atoms with Crippen LogP contribution in [0.5, 0.6) is 11.5 Å². The van der Waals surface area contributed by atoms with Crippen LogP contribution >= 0.6 is 23.2 Å². The van der Waals surface area contributed by atoms with Crippen LogP contribution in [0.1, 0.15) is 6.42 Å². The summed E-state index contributed by atoms with van der Waals surface area (Å²) in [6, 6.07) is 9.58. The van der Waals surface area contributed by atoms with Crippen molar-refractivity contribution in [3.8, 4) is 11.5 Å². The number of amides is 2. The number of anilines is 2. The number of halogens is 2. The Morgan fingerprint density at radius 3 is 2.20 bits per heavy atom. The van der Waals surface area contributed by atoms with Gasteiger partial charge >= 0.3 is 0 Å². The second kappa shape index (κ2) is 8.60. The molecule has 0 heterocycles. The number of hydrogen-bond donors (Lipinski definition) is 2. The fraction of sp³-hybridized carbons (Fsp3) is 0.176. The second-order valence-corrected chi connectivity index (χ2v) is 5.81. The van der Waals surface area contributed by atoms with Gasteiger partial charge in [0.2, 0.25) is 11.8 Å². The van der Waals surface area contributed by atoms with Gasteiger partial charge in [-0.1, -0.05) is 23.2 Å². The molecule has 0 bridgehead atoms. The number of methoxy groups -OCH3 is 2. The first-order valence-corrected chi connectivity index (χ1v) is 7.95. The van der Waals surface area contributed by atoms with Gasteiger partial charge < -0.3 is 20.1 Å². The van der Waals surface area contributed by atoms with Crippen molar-refractivity contribution in [3.63, 3.8) is 0 Å². The summed E-state index contributed by atoms with van der Waals surface area (Å²) in [6.07, 6.45) is -0.376. The molecule has 132 valence electrons. The average molecular weight is 383 g/mol. The Morgan fingerprint density at radius 2 is 1.56 bits per heavy atom. The topological polar surface area (TPSA) is 76.7 Å². The lowest BCUT2D eigenvalue weighted by Gasteiger charge is -2.11. The Morgan fingerprint density at radius 1 is 0.920 bits per heavy atom. The van der Waals surface area contributed by atoms with E-state index in [1.165, 1.54) is 20.3 Å². The van der Waals surface area contributed by atoms with Gasteiger partial charge in [0.05, 0.1) is 24.9 Å². The first-order valence-electron chi connectivity index (χ1n) is 7.19. The minimum atomic E-state index is -0.502. The summed E-state index contributed by atoms with van der Waals surface area (Å²) in [7, 11) is 2.97. The average Bonchev–Trinajstić information content (AvgIpc) is 2.55. The number of nitrogens with one attached hydrogen (secondary N) is 2. The van der Waals surface area contributed by atoms with Crippen molar-refractivity contribution in [1.29, 1.82) is 0 Å². The fourth-order valence-corrected chi connectivity index (χ4v) is 2.50. The molecule has 25 heavy (non-hydrogen) atoms. The molecule has 0 aliphatic carbocycles. The summed E-state index contributed by atoms with van der Waals surface area (Å²) in [5, 5.41) is 5.98. The van der Waals surface area contributed by atoms with Crippen molar-refractivity contribution < 1.29 is 19.1 Å². The van der Waals surface area contributed by atoms with Crippen LogP contribution in [0.15, 0.2) is 36.4 Å². The smallest absolute Gasteiger partial charge is 0.233 e. The highest BCUT2D eigenvalue weighted by Crippen LogP contribution is 2.28. The largest absolute Gasteiger partial charge is 0.495 e. The van der Waals surface area contributed by atoms with Crippen LogP contribution < -0.4 is 20.1 Å².